The van der Waals surface area contributed by atoms with Gasteiger partial charge in [0.25, 0.3) is 0 Å². The number of unbranched alkanes of at least 4 members (excludes halogenated alkanes) is 1. The fourth-order valence-corrected chi connectivity index (χ4v) is 1.77. The Balaban J connectivity index is 2.42. The number of methoxy groups -OCH3 is 1. The van der Waals surface area contributed by atoms with Crippen molar-refractivity contribution >= 4 is 11.6 Å². The first-order valence-electron chi connectivity index (χ1n) is 6.35. The Labute approximate surface area is 117 Å². The van der Waals surface area contributed by atoms with Crippen LogP contribution < -0.4 is 15.8 Å². The van der Waals surface area contributed by atoms with E-state index >= 15 is 0 Å². The number of nitro groups is 1. The standard InChI is InChI=1S/C13H19N3O4/c1-20-12-6-5-10(8-11(12)16(18)19)9-15-7-3-2-4-13(14)17/h5-6,8,15H,2-4,7,9H2,1H3,(H2,14,17). The Hall–Kier alpha value is -2.15. The molecule has 0 bridgehead atoms. The Morgan fingerprint density at radius 1 is 1.45 bits per heavy atom. The van der Waals surface area contributed by atoms with Gasteiger partial charge in [-0.2, -0.15) is 0 Å². The number of amides is 1. The molecule has 7 heteroatoms. The lowest BCUT2D eigenvalue weighted by atomic mass is 10.2. The maximum Gasteiger partial charge on any atom is 0.311 e. The number of carbonyl (C=O) groups excluding carboxylic acids is 1. The molecule has 0 unspecified atom stereocenters. The van der Waals surface area contributed by atoms with E-state index in [4.69, 9.17) is 10.5 Å². The highest BCUT2D eigenvalue weighted by Crippen LogP contribution is 2.27. The second-order valence-electron chi connectivity index (χ2n) is 4.36. The number of hydrogen-bond donors (Lipinski definition) is 2. The summed E-state index contributed by atoms with van der Waals surface area (Å²) in [4.78, 5) is 21.0. The molecule has 20 heavy (non-hydrogen) atoms. The van der Waals surface area contributed by atoms with Crippen LogP contribution >= 0.6 is 0 Å². The number of nitrogens with zero attached hydrogens (tertiary/aromatic N) is 1. The molecule has 0 aliphatic heterocycles. The van der Waals surface area contributed by atoms with Gasteiger partial charge >= 0.3 is 5.69 Å². The van der Waals surface area contributed by atoms with E-state index < -0.39 is 4.92 Å². The van der Waals surface area contributed by atoms with Crippen LogP contribution in [-0.4, -0.2) is 24.5 Å². The average Bonchev–Trinajstić information content (AvgIpc) is 2.42. The number of carbonyl (C=O) groups is 1. The summed E-state index contributed by atoms with van der Waals surface area (Å²) in [5, 5.41) is 14.0. The maximum absolute atomic E-state index is 10.9. The van der Waals surface area contributed by atoms with Crippen LogP contribution in [0.2, 0.25) is 0 Å². The Morgan fingerprint density at radius 3 is 2.80 bits per heavy atom. The number of rotatable bonds is 9. The lowest BCUT2D eigenvalue weighted by Gasteiger charge is -2.06. The van der Waals surface area contributed by atoms with Gasteiger partial charge in [-0.3, -0.25) is 14.9 Å². The molecule has 0 heterocycles. The van der Waals surface area contributed by atoms with Crippen LogP contribution in [0.4, 0.5) is 5.69 Å². The van der Waals surface area contributed by atoms with E-state index in [1.54, 1.807) is 12.1 Å². The van der Waals surface area contributed by atoms with Crippen LogP contribution in [-0.2, 0) is 11.3 Å². The summed E-state index contributed by atoms with van der Waals surface area (Å²) in [7, 11) is 1.40. The molecule has 1 amide bonds. The highest BCUT2D eigenvalue weighted by atomic mass is 16.6. The van der Waals surface area contributed by atoms with Crippen molar-refractivity contribution in [3.8, 4) is 5.75 Å². The van der Waals surface area contributed by atoms with Gasteiger partial charge in [0.15, 0.2) is 5.75 Å². The first-order valence-corrected chi connectivity index (χ1v) is 6.35. The van der Waals surface area contributed by atoms with Gasteiger partial charge in [0.05, 0.1) is 12.0 Å². The normalized spacial score (nSPS) is 10.2. The number of nitro benzene ring substituents is 1. The number of nitrogens with one attached hydrogen (secondary N) is 1. The number of primary amides is 1. The molecule has 0 fully saturated rings. The third-order valence-corrected chi connectivity index (χ3v) is 2.80. The van der Waals surface area contributed by atoms with Gasteiger partial charge in [-0.05, 0) is 31.0 Å². The molecule has 0 spiro atoms. The zero-order valence-electron chi connectivity index (χ0n) is 11.4. The van der Waals surface area contributed by atoms with Crippen molar-refractivity contribution in [1.29, 1.82) is 0 Å². The van der Waals surface area contributed by atoms with Crippen molar-refractivity contribution in [2.45, 2.75) is 25.8 Å². The summed E-state index contributed by atoms with van der Waals surface area (Å²) in [6.45, 7) is 1.26. The maximum atomic E-state index is 10.9. The van der Waals surface area contributed by atoms with Crippen molar-refractivity contribution in [1.82, 2.24) is 5.32 Å². The molecule has 0 saturated carbocycles. The minimum absolute atomic E-state index is 0.0412. The van der Waals surface area contributed by atoms with Crippen molar-refractivity contribution < 1.29 is 14.5 Å². The predicted molar refractivity (Wildman–Crippen MR) is 74.4 cm³/mol. The first-order chi connectivity index (χ1) is 9.54. The van der Waals surface area contributed by atoms with Gasteiger partial charge in [0, 0.05) is 19.0 Å². The van der Waals surface area contributed by atoms with Crippen molar-refractivity contribution in [3.63, 3.8) is 0 Å². The largest absolute Gasteiger partial charge is 0.490 e. The van der Waals surface area contributed by atoms with E-state index in [9.17, 15) is 14.9 Å². The van der Waals surface area contributed by atoms with Crippen LogP contribution in [0.5, 0.6) is 5.75 Å². The van der Waals surface area contributed by atoms with Crippen molar-refractivity contribution in [2.75, 3.05) is 13.7 Å². The molecule has 0 aliphatic carbocycles. The second-order valence-corrected chi connectivity index (χ2v) is 4.36. The summed E-state index contributed by atoms with van der Waals surface area (Å²) in [5.74, 6) is -0.0454. The molecule has 0 aliphatic rings. The Bertz CT molecular complexity index is 477. The molecule has 0 saturated heterocycles. The van der Waals surface area contributed by atoms with E-state index in [2.05, 4.69) is 5.32 Å². The lowest BCUT2D eigenvalue weighted by Crippen LogP contribution is -2.16. The van der Waals surface area contributed by atoms with Gasteiger partial charge in [-0.25, -0.2) is 0 Å². The van der Waals surface area contributed by atoms with Crippen molar-refractivity contribution in [2.24, 2.45) is 5.73 Å². The summed E-state index contributed by atoms with van der Waals surface area (Å²) in [5.41, 5.74) is 5.81. The fourth-order valence-electron chi connectivity index (χ4n) is 1.77. The average molecular weight is 281 g/mol. The molecule has 0 aromatic heterocycles. The van der Waals surface area contributed by atoms with Gasteiger partial charge in [-0.15, -0.1) is 0 Å². The molecule has 0 atom stereocenters. The van der Waals surface area contributed by atoms with Gasteiger partial charge in [-0.1, -0.05) is 6.07 Å². The molecular formula is C13H19N3O4. The van der Waals surface area contributed by atoms with Crippen molar-refractivity contribution in [3.05, 3.63) is 33.9 Å². The molecule has 7 nitrogen and oxygen atoms in total. The Morgan fingerprint density at radius 2 is 2.20 bits per heavy atom. The molecular weight excluding hydrogens is 262 g/mol. The predicted octanol–water partition coefficient (Wildman–Crippen LogP) is 1.35. The highest BCUT2D eigenvalue weighted by molar-refractivity contribution is 5.73. The van der Waals surface area contributed by atoms with E-state index in [0.717, 1.165) is 24.9 Å². The number of nitrogens with two attached hydrogens (primary N) is 1. The number of benzene rings is 1. The van der Waals surface area contributed by atoms with Gasteiger partial charge < -0.3 is 15.8 Å². The molecule has 3 N–H and O–H groups in total. The highest BCUT2D eigenvalue weighted by Gasteiger charge is 2.14. The Kier molecular flexibility index (Phi) is 6.45. The monoisotopic (exact) mass is 281 g/mol. The molecule has 1 rings (SSSR count). The van der Waals surface area contributed by atoms with Crippen LogP contribution in [0.1, 0.15) is 24.8 Å². The van der Waals surface area contributed by atoms with Crippen LogP contribution in [0, 0.1) is 10.1 Å². The zero-order valence-corrected chi connectivity index (χ0v) is 11.4. The molecule has 1 aromatic rings. The zero-order chi connectivity index (χ0) is 15.0. The third-order valence-electron chi connectivity index (χ3n) is 2.80. The topological polar surface area (TPSA) is 107 Å². The SMILES string of the molecule is COc1ccc(CNCCCCC(N)=O)cc1[N+](=O)[O-]. The second kappa shape index (κ2) is 8.11. The van der Waals surface area contributed by atoms with E-state index in [1.807, 2.05) is 0 Å². The van der Waals surface area contributed by atoms with Crippen LogP contribution in [0.25, 0.3) is 0 Å². The minimum Gasteiger partial charge on any atom is -0.490 e. The molecule has 1 aromatic carbocycles. The first kappa shape index (κ1) is 15.9. The van der Waals surface area contributed by atoms with E-state index in [1.165, 1.54) is 13.2 Å². The molecule has 110 valence electrons. The smallest absolute Gasteiger partial charge is 0.311 e. The lowest BCUT2D eigenvalue weighted by molar-refractivity contribution is -0.385. The quantitative estimate of drug-likeness (QED) is 0.403. The third kappa shape index (κ3) is 5.23. The van der Waals surface area contributed by atoms with E-state index in [0.29, 0.717) is 13.0 Å². The van der Waals surface area contributed by atoms with Crippen LogP contribution in [0.15, 0.2) is 18.2 Å². The van der Waals surface area contributed by atoms with Gasteiger partial charge in [0.1, 0.15) is 0 Å². The number of hydrogen-bond acceptors (Lipinski definition) is 5. The van der Waals surface area contributed by atoms with Gasteiger partial charge in [0.2, 0.25) is 5.91 Å². The van der Waals surface area contributed by atoms with E-state index in [-0.39, 0.29) is 17.3 Å². The molecule has 0 radical (unpaired) electrons. The summed E-state index contributed by atoms with van der Waals surface area (Å²) < 4.78 is 4.94. The summed E-state index contributed by atoms with van der Waals surface area (Å²) in [6, 6.07) is 4.86. The summed E-state index contributed by atoms with van der Waals surface area (Å²) in [6.07, 6.45) is 1.96. The number of ether oxygens (including phenoxy) is 1. The fraction of sp³-hybridized carbons (Fsp3) is 0.462. The summed E-state index contributed by atoms with van der Waals surface area (Å²) >= 11 is 0. The minimum atomic E-state index is -0.463. The van der Waals surface area contributed by atoms with Crippen LogP contribution in [0.3, 0.4) is 0 Å².